The maximum absolute atomic E-state index is 13.8. The number of methoxy groups -OCH3 is 3. The summed E-state index contributed by atoms with van der Waals surface area (Å²) in [4.78, 5) is 52.4. The lowest BCUT2D eigenvalue weighted by Gasteiger charge is -2.16. The van der Waals surface area contributed by atoms with Crippen molar-refractivity contribution < 1.29 is 33.5 Å². The average molecular weight is 627 g/mol. The summed E-state index contributed by atoms with van der Waals surface area (Å²) in [6, 6.07) is 23.5. The van der Waals surface area contributed by atoms with Crippen LogP contribution in [0, 0.1) is 10.1 Å². The minimum absolute atomic E-state index is 0.0554. The van der Waals surface area contributed by atoms with E-state index in [2.05, 4.69) is 10.6 Å². The van der Waals surface area contributed by atoms with Crippen LogP contribution in [0.1, 0.15) is 10.4 Å². The van der Waals surface area contributed by atoms with Gasteiger partial charge in [0, 0.05) is 34.3 Å². The maximum Gasteiger partial charge on any atom is 0.283 e. The van der Waals surface area contributed by atoms with E-state index >= 15 is 0 Å². The largest absolute Gasteiger partial charge is 0.497 e. The molecule has 13 heteroatoms. The van der Waals surface area contributed by atoms with Gasteiger partial charge in [-0.1, -0.05) is 11.8 Å². The van der Waals surface area contributed by atoms with Crippen molar-refractivity contribution in [2.24, 2.45) is 0 Å². The lowest BCUT2D eigenvalue weighted by molar-refractivity contribution is -0.384. The molecular weight excluding hydrogens is 600 g/mol. The SMILES string of the molecule is COc1ccc(N2C(=O)C(Nc3ccc(OC)cc3OC)=C(Sc3ccc(NC(=O)c4ccc([N+](=O)[O-])cc4)cc3)C2=O)cc1. The minimum atomic E-state index is -0.558. The fourth-order valence-electron chi connectivity index (χ4n) is 4.38. The van der Waals surface area contributed by atoms with Gasteiger partial charge >= 0.3 is 0 Å². The molecule has 4 aromatic carbocycles. The Bertz CT molecular complexity index is 1810. The van der Waals surface area contributed by atoms with E-state index in [0.717, 1.165) is 16.7 Å². The predicted molar refractivity (Wildman–Crippen MR) is 169 cm³/mol. The van der Waals surface area contributed by atoms with Gasteiger partial charge in [0.15, 0.2) is 0 Å². The van der Waals surface area contributed by atoms with Crippen LogP contribution < -0.4 is 29.7 Å². The summed E-state index contributed by atoms with van der Waals surface area (Å²) in [6.45, 7) is 0. The number of nitrogens with zero attached hydrogens (tertiary/aromatic N) is 2. The van der Waals surface area contributed by atoms with E-state index in [1.54, 1.807) is 66.7 Å². The Balaban J connectivity index is 1.41. The molecule has 3 amide bonds. The van der Waals surface area contributed by atoms with Crippen molar-refractivity contribution in [3.63, 3.8) is 0 Å². The second-order valence-corrected chi connectivity index (χ2v) is 10.5. The molecule has 1 heterocycles. The number of nitro groups is 1. The van der Waals surface area contributed by atoms with Crippen LogP contribution in [-0.4, -0.2) is 44.0 Å². The molecule has 0 unspecified atom stereocenters. The molecule has 5 rings (SSSR count). The minimum Gasteiger partial charge on any atom is -0.497 e. The molecule has 0 aromatic heterocycles. The molecule has 0 saturated carbocycles. The van der Waals surface area contributed by atoms with Crippen LogP contribution in [0.3, 0.4) is 0 Å². The Morgan fingerprint density at radius 3 is 2.04 bits per heavy atom. The summed E-state index contributed by atoms with van der Waals surface area (Å²) in [7, 11) is 4.53. The highest BCUT2D eigenvalue weighted by Gasteiger charge is 2.40. The number of benzene rings is 4. The monoisotopic (exact) mass is 626 g/mol. The molecule has 45 heavy (non-hydrogen) atoms. The number of thioether (sulfide) groups is 1. The number of amides is 3. The second kappa shape index (κ2) is 13.2. The van der Waals surface area contributed by atoms with Gasteiger partial charge in [-0.05, 0) is 72.8 Å². The van der Waals surface area contributed by atoms with Crippen molar-refractivity contribution in [2.75, 3.05) is 36.9 Å². The normalized spacial score (nSPS) is 12.6. The number of nitrogens with one attached hydrogen (secondary N) is 2. The topological polar surface area (TPSA) is 149 Å². The number of carbonyl (C=O) groups is 3. The molecule has 2 N–H and O–H groups in total. The quantitative estimate of drug-likeness (QED) is 0.118. The molecule has 1 aliphatic rings. The Morgan fingerprint density at radius 2 is 1.44 bits per heavy atom. The first-order valence-electron chi connectivity index (χ1n) is 13.3. The lowest BCUT2D eigenvalue weighted by Crippen LogP contribution is -2.32. The number of non-ortho nitro benzene ring substituents is 1. The Morgan fingerprint density at radius 1 is 0.800 bits per heavy atom. The third-order valence-electron chi connectivity index (χ3n) is 6.71. The van der Waals surface area contributed by atoms with Gasteiger partial charge in [0.25, 0.3) is 23.4 Å². The van der Waals surface area contributed by atoms with Gasteiger partial charge in [0.2, 0.25) is 0 Å². The average Bonchev–Trinajstić information content (AvgIpc) is 3.29. The highest BCUT2D eigenvalue weighted by atomic mass is 32.2. The van der Waals surface area contributed by atoms with Crippen LogP contribution in [0.5, 0.6) is 17.2 Å². The fraction of sp³-hybridized carbons (Fsp3) is 0.0938. The molecule has 0 aliphatic carbocycles. The van der Waals surface area contributed by atoms with Gasteiger partial charge in [0.05, 0.1) is 37.6 Å². The van der Waals surface area contributed by atoms with Crippen LogP contribution >= 0.6 is 11.8 Å². The standard InChI is InChI=1S/C32H26N4O8S/c1-42-23-12-10-21(11-13-23)35-31(38)28(34-26-17-14-24(43-2)18-27(26)44-3)29(32(35)39)45-25-15-6-20(7-16-25)33-30(37)19-4-8-22(9-5-19)36(40)41/h4-18,34H,1-3H3,(H,33,37). The Kier molecular flexibility index (Phi) is 9.00. The first kappa shape index (κ1) is 30.6. The smallest absolute Gasteiger partial charge is 0.283 e. The molecule has 0 spiro atoms. The van der Waals surface area contributed by atoms with Gasteiger partial charge in [-0.25, -0.2) is 4.90 Å². The summed E-state index contributed by atoms with van der Waals surface area (Å²) in [5.74, 6) is -0.00165. The number of nitro benzene ring substituents is 1. The van der Waals surface area contributed by atoms with E-state index in [4.69, 9.17) is 14.2 Å². The van der Waals surface area contributed by atoms with E-state index in [-0.39, 0.29) is 21.9 Å². The van der Waals surface area contributed by atoms with Crippen LogP contribution in [0.25, 0.3) is 0 Å². The summed E-state index contributed by atoms with van der Waals surface area (Å²) < 4.78 is 16.0. The summed E-state index contributed by atoms with van der Waals surface area (Å²) in [5.41, 5.74) is 1.47. The highest BCUT2D eigenvalue weighted by molar-refractivity contribution is 8.04. The number of ether oxygens (including phenoxy) is 3. The summed E-state index contributed by atoms with van der Waals surface area (Å²) in [6.07, 6.45) is 0. The predicted octanol–water partition coefficient (Wildman–Crippen LogP) is 5.86. The van der Waals surface area contributed by atoms with Crippen LogP contribution in [0.2, 0.25) is 0 Å². The first-order chi connectivity index (χ1) is 21.7. The summed E-state index contributed by atoms with van der Waals surface area (Å²) in [5, 5.41) is 16.7. The van der Waals surface area contributed by atoms with Crippen molar-refractivity contribution in [3.8, 4) is 17.2 Å². The second-order valence-electron chi connectivity index (χ2n) is 9.42. The number of carbonyl (C=O) groups excluding carboxylic acids is 3. The van der Waals surface area contributed by atoms with Crippen LogP contribution in [0.15, 0.2) is 106 Å². The first-order valence-corrected chi connectivity index (χ1v) is 14.1. The third kappa shape index (κ3) is 6.58. The Hall–Kier alpha value is -5.82. The summed E-state index contributed by atoms with van der Waals surface area (Å²) >= 11 is 1.08. The molecule has 0 fully saturated rings. The van der Waals surface area contributed by atoms with Gasteiger partial charge in [-0.2, -0.15) is 0 Å². The zero-order valence-electron chi connectivity index (χ0n) is 24.2. The van der Waals surface area contributed by atoms with Crippen molar-refractivity contribution in [2.45, 2.75) is 4.90 Å². The number of anilines is 3. The molecule has 0 atom stereocenters. The van der Waals surface area contributed by atoms with Gasteiger partial charge in [-0.3, -0.25) is 24.5 Å². The number of hydrogen-bond acceptors (Lipinski definition) is 10. The van der Waals surface area contributed by atoms with Gasteiger partial charge < -0.3 is 24.8 Å². The maximum atomic E-state index is 13.8. The van der Waals surface area contributed by atoms with Crippen molar-refractivity contribution >= 4 is 52.2 Å². The van der Waals surface area contributed by atoms with Gasteiger partial charge in [-0.15, -0.1) is 0 Å². The zero-order chi connectivity index (χ0) is 32.1. The fourth-order valence-corrected chi connectivity index (χ4v) is 5.31. The highest BCUT2D eigenvalue weighted by Crippen LogP contribution is 2.40. The van der Waals surface area contributed by atoms with Crippen LogP contribution in [-0.2, 0) is 9.59 Å². The van der Waals surface area contributed by atoms with E-state index < -0.39 is 22.6 Å². The zero-order valence-corrected chi connectivity index (χ0v) is 25.0. The van der Waals surface area contributed by atoms with E-state index in [1.807, 2.05) is 0 Å². The van der Waals surface area contributed by atoms with Crippen LogP contribution in [0.4, 0.5) is 22.7 Å². The number of rotatable bonds is 11. The van der Waals surface area contributed by atoms with Crippen molar-refractivity contribution in [1.29, 1.82) is 0 Å². The molecular formula is C32H26N4O8S. The molecule has 4 aromatic rings. The van der Waals surface area contributed by atoms with E-state index in [1.165, 1.54) is 45.6 Å². The van der Waals surface area contributed by atoms with E-state index in [9.17, 15) is 24.5 Å². The van der Waals surface area contributed by atoms with Crippen molar-refractivity contribution in [1.82, 2.24) is 0 Å². The molecule has 0 radical (unpaired) electrons. The van der Waals surface area contributed by atoms with Crippen molar-refractivity contribution in [3.05, 3.63) is 117 Å². The number of imide groups is 1. The molecule has 228 valence electrons. The molecule has 0 bridgehead atoms. The molecule has 1 aliphatic heterocycles. The molecule has 12 nitrogen and oxygen atoms in total. The lowest BCUT2D eigenvalue weighted by atomic mass is 10.2. The van der Waals surface area contributed by atoms with E-state index in [0.29, 0.717) is 39.2 Å². The van der Waals surface area contributed by atoms with Gasteiger partial charge in [0.1, 0.15) is 27.9 Å². The molecule has 0 saturated heterocycles. The third-order valence-corrected chi connectivity index (χ3v) is 7.80. The number of hydrogen-bond donors (Lipinski definition) is 2. The Labute approximate surface area is 261 Å².